The van der Waals surface area contributed by atoms with E-state index in [4.69, 9.17) is 5.73 Å². The number of nitrogens with zero attached hydrogens (tertiary/aromatic N) is 2. The highest BCUT2D eigenvalue weighted by Crippen LogP contribution is 2.19. The van der Waals surface area contributed by atoms with Crippen LogP contribution in [0.15, 0.2) is 47.5 Å². The van der Waals surface area contributed by atoms with E-state index >= 15 is 0 Å². The van der Waals surface area contributed by atoms with Crippen molar-refractivity contribution in [1.82, 2.24) is 10.2 Å². The zero-order chi connectivity index (χ0) is 15.8. The Morgan fingerprint density at radius 3 is 2.78 bits per heavy atom. The summed E-state index contributed by atoms with van der Waals surface area (Å²) >= 11 is 0. The largest absolute Gasteiger partial charge is 0.370 e. The fourth-order valence-corrected chi connectivity index (χ4v) is 2.82. The van der Waals surface area contributed by atoms with Crippen molar-refractivity contribution >= 4 is 29.9 Å². The van der Waals surface area contributed by atoms with Gasteiger partial charge in [0.05, 0.1) is 6.54 Å². The van der Waals surface area contributed by atoms with Crippen LogP contribution in [0.3, 0.4) is 0 Å². The summed E-state index contributed by atoms with van der Waals surface area (Å²) < 4.78 is 0. The van der Waals surface area contributed by atoms with Crippen LogP contribution in [0, 0.1) is 0 Å². The molecule has 1 aliphatic heterocycles. The van der Waals surface area contributed by atoms with Gasteiger partial charge in [0.15, 0.2) is 5.96 Å². The van der Waals surface area contributed by atoms with Crippen LogP contribution in [0.5, 0.6) is 0 Å². The number of rotatable bonds is 6. The first kappa shape index (κ1) is 20.0. The molecule has 4 nitrogen and oxygen atoms in total. The number of hydrogen-bond acceptors (Lipinski definition) is 2. The molecule has 1 aromatic carbocycles. The lowest BCUT2D eigenvalue weighted by Gasteiger charge is -2.36. The van der Waals surface area contributed by atoms with Gasteiger partial charge in [-0.05, 0) is 31.9 Å². The molecule has 3 N–H and O–H groups in total. The lowest BCUT2D eigenvalue weighted by molar-refractivity contribution is 0.141. The average Bonchev–Trinajstić information content (AvgIpc) is 2.53. The summed E-state index contributed by atoms with van der Waals surface area (Å²) in [4.78, 5) is 6.84. The van der Waals surface area contributed by atoms with E-state index < -0.39 is 0 Å². The average molecular weight is 428 g/mol. The fourth-order valence-electron chi connectivity index (χ4n) is 2.82. The van der Waals surface area contributed by atoms with Gasteiger partial charge in [-0.15, -0.1) is 24.0 Å². The van der Waals surface area contributed by atoms with Crippen molar-refractivity contribution in [3.63, 3.8) is 0 Å². The van der Waals surface area contributed by atoms with Gasteiger partial charge in [-0.2, -0.15) is 0 Å². The van der Waals surface area contributed by atoms with Crippen LogP contribution in [0.4, 0.5) is 0 Å². The van der Waals surface area contributed by atoms with Gasteiger partial charge >= 0.3 is 0 Å². The molecule has 2 rings (SSSR count). The Kier molecular flexibility index (Phi) is 9.24. The van der Waals surface area contributed by atoms with Crippen LogP contribution < -0.4 is 11.1 Å². The highest BCUT2D eigenvalue weighted by molar-refractivity contribution is 14.0. The van der Waals surface area contributed by atoms with Gasteiger partial charge < -0.3 is 11.1 Å². The highest BCUT2D eigenvalue weighted by atomic mass is 127. The Morgan fingerprint density at radius 1 is 1.35 bits per heavy atom. The van der Waals surface area contributed by atoms with Crippen LogP contribution in [-0.2, 0) is 6.54 Å². The zero-order valence-corrected chi connectivity index (χ0v) is 16.3. The van der Waals surface area contributed by atoms with Crippen molar-refractivity contribution in [1.29, 1.82) is 0 Å². The molecule has 0 aliphatic carbocycles. The maximum Gasteiger partial charge on any atom is 0.188 e. The molecule has 5 heteroatoms. The van der Waals surface area contributed by atoms with E-state index in [1.165, 1.54) is 24.8 Å². The van der Waals surface area contributed by atoms with Gasteiger partial charge in [-0.3, -0.25) is 4.90 Å². The summed E-state index contributed by atoms with van der Waals surface area (Å²) in [6.07, 6.45) is 3.79. The number of aliphatic imine (C=N–C) groups is 1. The zero-order valence-electron chi connectivity index (χ0n) is 14.0. The number of guanidine groups is 1. The number of halogens is 1. The first-order valence-corrected chi connectivity index (χ1v) is 8.11. The third kappa shape index (κ3) is 7.35. The monoisotopic (exact) mass is 428 g/mol. The molecule has 0 saturated carbocycles. The maximum absolute atomic E-state index is 5.92. The lowest BCUT2D eigenvalue weighted by Crippen LogP contribution is -2.47. The van der Waals surface area contributed by atoms with Crippen molar-refractivity contribution in [2.45, 2.75) is 38.8 Å². The third-order valence-electron chi connectivity index (χ3n) is 4.02. The molecule has 0 spiro atoms. The molecule has 1 unspecified atom stereocenters. The Bertz CT molecular complexity index is 501. The van der Waals surface area contributed by atoms with E-state index in [9.17, 15) is 0 Å². The number of nitrogens with one attached hydrogen (secondary N) is 1. The van der Waals surface area contributed by atoms with E-state index in [1.807, 2.05) is 6.92 Å². The summed E-state index contributed by atoms with van der Waals surface area (Å²) in [5.74, 6) is 0.522. The summed E-state index contributed by atoms with van der Waals surface area (Å²) in [6, 6.07) is 11.2. The van der Waals surface area contributed by atoms with Gasteiger partial charge in [-0.1, -0.05) is 48.9 Å². The highest BCUT2D eigenvalue weighted by Gasteiger charge is 2.22. The molecule has 0 aromatic heterocycles. The van der Waals surface area contributed by atoms with Crippen molar-refractivity contribution in [2.75, 3.05) is 19.6 Å². The van der Waals surface area contributed by atoms with Crippen molar-refractivity contribution in [3.8, 4) is 0 Å². The van der Waals surface area contributed by atoms with Gasteiger partial charge in [0.1, 0.15) is 0 Å². The Balaban J connectivity index is 0.00000264. The molecule has 1 fully saturated rings. The van der Waals surface area contributed by atoms with Crippen LogP contribution >= 0.6 is 24.0 Å². The number of likely N-dealkylation sites (tertiary alicyclic amines) is 1. The Hall–Kier alpha value is -1.08. The molecule has 1 aliphatic rings. The second-order valence-electron chi connectivity index (χ2n) is 6.15. The Labute approximate surface area is 157 Å². The molecule has 1 aromatic rings. The summed E-state index contributed by atoms with van der Waals surface area (Å²) in [5.41, 5.74) is 8.31. The summed E-state index contributed by atoms with van der Waals surface area (Å²) in [6.45, 7) is 9.42. The first-order valence-electron chi connectivity index (χ1n) is 8.11. The molecule has 1 saturated heterocycles. The van der Waals surface area contributed by atoms with E-state index in [0.29, 0.717) is 18.5 Å². The van der Waals surface area contributed by atoms with Crippen molar-refractivity contribution in [2.24, 2.45) is 10.7 Å². The minimum atomic E-state index is 0. The van der Waals surface area contributed by atoms with E-state index in [-0.39, 0.29) is 24.0 Å². The van der Waals surface area contributed by atoms with Crippen LogP contribution in [0.2, 0.25) is 0 Å². The molecule has 1 heterocycles. The molecule has 23 heavy (non-hydrogen) atoms. The van der Waals surface area contributed by atoms with Crippen molar-refractivity contribution < 1.29 is 0 Å². The fraction of sp³-hybridized carbons (Fsp3) is 0.500. The first-order chi connectivity index (χ1) is 10.6. The van der Waals surface area contributed by atoms with Gasteiger partial charge in [-0.25, -0.2) is 4.99 Å². The molecule has 0 bridgehead atoms. The second kappa shape index (κ2) is 10.6. The second-order valence-corrected chi connectivity index (χ2v) is 6.15. The van der Waals surface area contributed by atoms with Gasteiger partial charge in [0.25, 0.3) is 0 Å². The van der Waals surface area contributed by atoms with Crippen molar-refractivity contribution in [3.05, 3.63) is 48.0 Å². The predicted molar refractivity (Wildman–Crippen MR) is 109 cm³/mol. The number of benzene rings is 1. The lowest BCUT2D eigenvalue weighted by atomic mass is 10.0. The van der Waals surface area contributed by atoms with Crippen LogP contribution in [-0.4, -0.2) is 36.5 Å². The van der Waals surface area contributed by atoms with Gasteiger partial charge in [0, 0.05) is 19.1 Å². The smallest absolute Gasteiger partial charge is 0.188 e. The quantitative estimate of drug-likeness (QED) is 0.317. The van der Waals surface area contributed by atoms with E-state index in [1.54, 1.807) is 0 Å². The SMILES string of the molecule is C=C(C)CN=C(N)NCC1CCCCN1Cc1ccccc1.I. The summed E-state index contributed by atoms with van der Waals surface area (Å²) in [7, 11) is 0. The number of hydrogen-bond donors (Lipinski definition) is 2. The molecular weight excluding hydrogens is 399 g/mol. The normalized spacial score (nSPS) is 19.0. The molecule has 1 atom stereocenters. The molecular formula is C18H29IN4. The molecule has 128 valence electrons. The topological polar surface area (TPSA) is 53.6 Å². The molecule has 0 amide bonds. The van der Waals surface area contributed by atoms with E-state index in [2.05, 4.69) is 52.1 Å². The standard InChI is InChI=1S/C18H28N4.HI/c1-15(2)12-20-18(19)21-13-17-10-6-7-11-22(17)14-16-8-4-3-5-9-16;/h3-5,8-9,17H,1,6-7,10-14H2,2H3,(H3,19,20,21);1H. The van der Waals surface area contributed by atoms with Gasteiger partial charge in [0.2, 0.25) is 0 Å². The number of nitrogens with two attached hydrogens (primary N) is 1. The number of piperidine rings is 1. The minimum Gasteiger partial charge on any atom is -0.370 e. The minimum absolute atomic E-state index is 0. The maximum atomic E-state index is 5.92. The predicted octanol–water partition coefficient (Wildman–Crippen LogP) is 3.14. The molecule has 0 radical (unpaired) electrons. The Morgan fingerprint density at radius 2 is 2.09 bits per heavy atom. The van der Waals surface area contributed by atoms with E-state index in [0.717, 1.165) is 25.2 Å². The summed E-state index contributed by atoms with van der Waals surface area (Å²) in [5, 5.41) is 3.27. The van der Waals surface area contributed by atoms with Crippen LogP contribution in [0.25, 0.3) is 0 Å². The van der Waals surface area contributed by atoms with Crippen LogP contribution in [0.1, 0.15) is 31.7 Å². The third-order valence-corrected chi connectivity index (χ3v) is 4.02.